The van der Waals surface area contributed by atoms with Crippen LogP contribution >= 0.6 is 0 Å². The molecular formula is C13H17NO. The van der Waals surface area contributed by atoms with Crippen LogP contribution < -0.4 is 5.73 Å². The lowest BCUT2D eigenvalue weighted by atomic mass is 9.60. The van der Waals surface area contributed by atoms with Crippen LogP contribution in [0.25, 0.3) is 0 Å². The first-order chi connectivity index (χ1) is 7.34. The van der Waals surface area contributed by atoms with Gasteiger partial charge in [0.2, 0.25) is 0 Å². The first-order valence-electron chi connectivity index (χ1n) is 6.14. The minimum absolute atomic E-state index is 0.562. The van der Waals surface area contributed by atoms with Gasteiger partial charge in [-0.25, -0.2) is 0 Å². The summed E-state index contributed by atoms with van der Waals surface area (Å²) in [5.41, 5.74) is 6.78. The van der Waals surface area contributed by atoms with Crippen molar-refractivity contribution in [1.82, 2.24) is 0 Å². The monoisotopic (exact) mass is 203 g/mol. The van der Waals surface area contributed by atoms with E-state index in [4.69, 9.17) is 5.73 Å². The first kappa shape index (κ1) is 8.40. The van der Waals surface area contributed by atoms with E-state index in [2.05, 4.69) is 0 Å². The summed E-state index contributed by atoms with van der Waals surface area (Å²) < 4.78 is 0. The number of aliphatic hydroxyl groups is 1. The molecule has 3 N–H and O–H groups in total. The van der Waals surface area contributed by atoms with Gasteiger partial charge in [0, 0.05) is 0 Å². The van der Waals surface area contributed by atoms with E-state index in [1.54, 1.807) is 0 Å². The van der Waals surface area contributed by atoms with Gasteiger partial charge >= 0.3 is 0 Å². The predicted octanol–water partition coefficient (Wildman–Crippen LogP) is 1.85. The van der Waals surface area contributed by atoms with E-state index in [9.17, 15) is 5.11 Å². The fraction of sp³-hybridized carbons (Fsp3) is 0.692. The van der Waals surface area contributed by atoms with E-state index in [0.717, 1.165) is 41.9 Å². The summed E-state index contributed by atoms with van der Waals surface area (Å²) in [6, 6.07) is 0. The Morgan fingerprint density at radius 2 is 2.00 bits per heavy atom. The Balaban J connectivity index is 1.49. The summed E-state index contributed by atoms with van der Waals surface area (Å²) in [6.45, 7) is 0.668. The van der Waals surface area contributed by atoms with E-state index in [-0.39, 0.29) is 0 Å². The molecule has 80 valence electrons. The summed E-state index contributed by atoms with van der Waals surface area (Å²) in [7, 11) is 0. The molecule has 4 rings (SSSR count). The molecule has 0 aromatic rings. The molecule has 2 nitrogen and oxygen atoms in total. The number of hydrogen-bond donors (Lipinski definition) is 2. The second-order valence-electron chi connectivity index (χ2n) is 5.59. The lowest BCUT2D eigenvalue weighted by Crippen LogP contribution is -2.41. The lowest BCUT2D eigenvalue weighted by Gasteiger charge is -2.44. The van der Waals surface area contributed by atoms with Gasteiger partial charge in [0.15, 0.2) is 0 Å². The standard InChI is InChI=1S/C13H17NO/c14-4-2-1-3-8(15)11-12-9-6-5-7(6)10(9)13(11)12/h1,3,6-7,9-10,12-13,15H,2,4-5,14H2/b3-1-,11-8?. The van der Waals surface area contributed by atoms with Gasteiger partial charge in [-0.1, -0.05) is 6.08 Å². The minimum atomic E-state index is 0.562. The van der Waals surface area contributed by atoms with Crippen LogP contribution in [0.4, 0.5) is 0 Å². The fourth-order valence-electron chi connectivity index (χ4n) is 4.34. The highest BCUT2D eigenvalue weighted by molar-refractivity contribution is 5.49. The van der Waals surface area contributed by atoms with Crippen LogP contribution in [0.3, 0.4) is 0 Å². The van der Waals surface area contributed by atoms with Gasteiger partial charge in [-0.2, -0.15) is 0 Å². The molecule has 0 bridgehead atoms. The second kappa shape index (κ2) is 2.49. The molecule has 0 saturated heterocycles. The third-order valence-electron chi connectivity index (χ3n) is 5.05. The van der Waals surface area contributed by atoms with Crippen LogP contribution in [0.2, 0.25) is 0 Å². The Morgan fingerprint density at radius 3 is 2.60 bits per heavy atom. The molecule has 4 aliphatic carbocycles. The summed E-state index contributed by atoms with van der Waals surface area (Å²) in [6.07, 6.45) is 6.22. The van der Waals surface area contributed by atoms with Crippen molar-refractivity contribution >= 4 is 0 Å². The second-order valence-corrected chi connectivity index (χ2v) is 5.59. The summed E-state index contributed by atoms with van der Waals surface area (Å²) in [4.78, 5) is 0. The average Bonchev–Trinajstić information content (AvgIpc) is 3.06. The fourth-order valence-corrected chi connectivity index (χ4v) is 4.34. The highest BCUT2D eigenvalue weighted by atomic mass is 16.3. The third kappa shape index (κ3) is 0.855. The van der Waals surface area contributed by atoms with Crippen molar-refractivity contribution in [2.45, 2.75) is 12.8 Å². The SMILES string of the molecule is NCC/C=C\C(O)=C1C2C1C1C3CC3C21. The van der Waals surface area contributed by atoms with E-state index >= 15 is 0 Å². The molecule has 0 aromatic heterocycles. The maximum Gasteiger partial charge on any atom is 0.115 e. The number of rotatable bonds is 3. The van der Waals surface area contributed by atoms with E-state index in [0.29, 0.717) is 12.3 Å². The molecule has 2 heteroatoms. The van der Waals surface area contributed by atoms with Crippen LogP contribution in [-0.2, 0) is 0 Å². The molecule has 0 heterocycles. The summed E-state index contributed by atoms with van der Waals surface area (Å²) >= 11 is 0. The smallest absolute Gasteiger partial charge is 0.115 e. The third-order valence-corrected chi connectivity index (χ3v) is 5.05. The number of allylic oxidation sites excluding steroid dienone is 2. The zero-order valence-electron chi connectivity index (χ0n) is 8.76. The Hall–Kier alpha value is -0.760. The van der Waals surface area contributed by atoms with Crippen molar-refractivity contribution in [2.75, 3.05) is 6.54 Å². The molecular weight excluding hydrogens is 186 g/mol. The van der Waals surface area contributed by atoms with Crippen LogP contribution in [0, 0.1) is 35.5 Å². The van der Waals surface area contributed by atoms with E-state index in [1.807, 2.05) is 12.2 Å². The van der Waals surface area contributed by atoms with Crippen LogP contribution in [0.15, 0.2) is 23.5 Å². The van der Waals surface area contributed by atoms with Crippen molar-refractivity contribution in [3.05, 3.63) is 23.5 Å². The quantitative estimate of drug-likeness (QED) is 0.687. The largest absolute Gasteiger partial charge is 0.508 e. The number of aliphatic hydroxyl groups excluding tert-OH is 1. The molecule has 4 saturated carbocycles. The van der Waals surface area contributed by atoms with Gasteiger partial charge in [-0.05, 0) is 66.5 Å². The van der Waals surface area contributed by atoms with E-state index < -0.39 is 0 Å². The van der Waals surface area contributed by atoms with Crippen LogP contribution in [0.1, 0.15) is 12.8 Å². The first-order valence-corrected chi connectivity index (χ1v) is 6.14. The summed E-state index contributed by atoms with van der Waals surface area (Å²) in [5, 5.41) is 9.91. The van der Waals surface area contributed by atoms with Gasteiger partial charge in [0.25, 0.3) is 0 Å². The van der Waals surface area contributed by atoms with Gasteiger partial charge < -0.3 is 10.8 Å². The van der Waals surface area contributed by atoms with Crippen molar-refractivity contribution in [1.29, 1.82) is 0 Å². The maximum absolute atomic E-state index is 9.91. The Kier molecular flexibility index (Phi) is 1.39. The zero-order chi connectivity index (χ0) is 10.2. The highest BCUT2D eigenvalue weighted by Gasteiger charge is 2.81. The normalized spacial score (nSPS) is 52.5. The van der Waals surface area contributed by atoms with Gasteiger partial charge in [-0.15, -0.1) is 0 Å². The molecule has 0 radical (unpaired) electrons. The van der Waals surface area contributed by atoms with Crippen molar-refractivity contribution in [3.63, 3.8) is 0 Å². The van der Waals surface area contributed by atoms with Crippen LogP contribution in [0.5, 0.6) is 0 Å². The number of nitrogens with two attached hydrogens (primary N) is 1. The van der Waals surface area contributed by atoms with Gasteiger partial charge in [-0.3, -0.25) is 0 Å². The molecule has 6 unspecified atom stereocenters. The van der Waals surface area contributed by atoms with E-state index in [1.165, 1.54) is 12.0 Å². The molecule has 0 aliphatic heterocycles. The van der Waals surface area contributed by atoms with Crippen molar-refractivity contribution in [3.8, 4) is 0 Å². The lowest BCUT2D eigenvalue weighted by molar-refractivity contribution is 0.0202. The van der Waals surface area contributed by atoms with Crippen molar-refractivity contribution in [2.24, 2.45) is 41.2 Å². The Bertz CT molecular complexity index is 362. The molecule has 0 aromatic carbocycles. The molecule has 0 amide bonds. The van der Waals surface area contributed by atoms with Gasteiger partial charge in [0.1, 0.15) is 5.76 Å². The van der Waals surface area contributed by atoms with Crippen LogP contribution in [-0.4, -0.2) is 11.7 Å². The zero-order valence-corrected chi connectivity index (χ0v) is 8.76. The molecule has 4 fully saturated rings. The summed E-state index contributed by atoms with van der Waals surface area (Å²) in [5.74, 6) is 6.25. The Morgan fingerprint density at radius 1 is 1.33 bits per heavy atom. The number of hydrogen-bond acceptors (Lipinski definition) is 2. The molecule has 15 heavy (non-hydrogen) atoms. The highest BCUT2D eigenvalue weighted by Crippen LogP contribution is 2.86. The topological polar surface area (TPSA) is 46.2 Å². The maximum atomic E-state index is 9.91. The Labute approximate surface area is 89.9 Å². The number of fused-ring (bicyclic) bond motifs is 7. The molecule has 4 aliphatic rings. The van der Waals surface area contributed by atoms with Crippen molar-refractivity contribution < 1.29 is 5.11 Å². The molecule has 6 atom stereocenters. The predicted molar refractivity (Wildman–Crippen MR) is 58.0 cm³/mol. The minimum Gasteiger partial charge on any atom is -0.508 e. The average molecular weight is 203 g/mol. The molecule has 0 spiro atoms. The van der Waals surface area contributed by atoms with Gasteiger partial charge in [0.05, 0.1) is 0 Å².